The van der Waals surface area contributed by atoms with E-state index >= 15 is 4.79 Å². The molecule has 582 valence electrons. The van der Waals surface area contributed by atoms with Gasteiger partial charge in [0.2, 0.25) is 5.78 Å². The molecule has 2 aliphatic heterocycles. The Balaban J connectivity index is 1.30. The second-order valence-electron chi connectivity index (χ2n) is 24.5. The molecule has 4 aromatic carbocycles. The third-order valence-corrected chi connectivity index (χ3v) is 21.5. The summed E-state index contributed by atoms with van der Waals surface area (Å²) in [7, 11) is -22.9. The van der Waals surface area contributed by atoms with Gasteiger partial charge in [-0.1, -0.05) is 25.6 Å². The predicted molar refractivity (Wildman–Crippen MR) is 375 cm³/mol. The summed E-state index contributed by atoms with van der Waals surface area (Å²) in [5.74, 6) is -5.08. The molecule has 0 saturated carbocycles. The van der Waals surface area contributed by atoms with E-state index in [4.69, 9.17) is 52.2 Å². The van der Waals surface area contributed by atoms with Crippen molar-refractivity contribution < 1.29 is 141 Å². The number of benzene rings is 4. The number of nitrogens with zero attached hydrogens (tertiary/aromatic N) is 2. The summed E-state index contributed by atoms with van der Waals surface area (Å²) in [5, 5.41) is 14.8. The van der Waals surface area contributed by atoms with Gasteiger partial charge in [0.05, 0.1) is 139 Å². The summed E-state index contributed by atoms with van der Waals surface area (Å²) in [6.45, 7) is 10.9. The van der Waals surface area contributed by atoms with Gasteiger partial charge in [-0.05, 0) is 109 Å². The van der Waals surface area contributed by atoms with Crippen molar-refractivity contribution in [2.24, 2.45) is 0 Å². The number of Topliss-reactive ketones (excluding diaryl/α,β-unsaturated/α-hetero) is 1. The highest BCUT2D eigenvalue weighted by molar-refractivity contribution is 7.87. The van der Waals surface area contributed by atoms with E-state index in [1.165, 1.54) is 44.4 Å². The SMILES string of the molecule is C=C(C=C1C(=O)C(C=C2N(CCCC(=O)ON3C(=O)CCC3=O)c3ccc4c(S(=O)(=O)O)cc(S(=O)(=O)O)cc4c3C2(C)CCOCCOCCOCCOC)=C1O)C(C)(CCCS(=O)(=O)O)c1c(NCCOCCOCCOCCOCCOCCOC)ccc2c(S(=O)(=O)O)cc(S(=O)(=O)O)cc12. The average Bonchev–Trinajstić information content (AvgIpc) is 1.60. The van der Waals surface area contributed by atoms with Crippen molar-refractivity contribution in [3.05, 3.63) is 107 Å². The summed E-state index contributed by atoms with van der Waals surface area (Å²) >= 11 is 0. The second-order valence-corrected chi connectivity index (χ2v) is 31.7. The number of nitrogens with one attached hydrogen (secondary N) is 1. The summed E-state index contributed by atoms with van der Waals surface area (Å²) in [6, 6.07) is 8.10. The number of ketones is 1. The lowest BCUT2D eigenvalue weighted by Crippen LogP contribution is -2.34. The fourth-order valence-corrected chi connectivity index (χ4v) is 15.3. The van der Waals surface area contributed by atoms with Crippen LogP contribution in [0.1, 0.15) is 69.9 Å². The van der Waals surface area contributed by atoms with Crippen molar-refractivity contribution in [3.8, 4) is 0 Å². The Hall–Kier alpha value is -6.81. The van der Waals surface area contributed by atoms with Crippen molar-refractivity contribution in [1.29, 1.82) is 0 Å². The zero-order chi connectivity index (χ0) is 77.1. The minimum Gasteiger partial charge on any atom is -0.506 e. The molecular weight excluding hydrogens is 1490 g/mol. The van der Waals surface area contributed by atoms with Crippen molar-refractivity contribution in [2.45, 2.75) is 89.2 Å². The van der Waals surface area contributed by atoms with Crippen LogP contribution in [0.4, 0.5) is 11.4 Å². The quantitative estimate of drug-likeness (QED) is 0.0131. The fraction of sp³-hybridized carbons (Fsp3) is 0.515. The smallest absolute Gasteiger partial charge is 0.333 e. The number of allylic oxidation sites excluding steroid dienone is 6. The molecule has 0 radical (unpaired) electrons. The second kappa shape index (κ2) is 37.8. The van der Waals surface area contributed by atoms with Gasteiger partial charge in [-0.3, -0.25) is 37.1 Å². The molecule has 7 N–H and O–H groups in total. The molecule has 105 heavy (non-hydrogen) atoms. The molecule has 2 atom stereocenters. The molecule has 3 aliphatic rings. The van der Waals surface area contributed by atoms with E-state index in [2.05, 4.69) is 11.9 Å². The number of rotatable bonds is 48. The number of aliphatic hydroxyl groups excluding tert-OH is 1. The van der Waals surface area contributed by atoms with Crippen LogP contribution >= 0.6 is 0 Å². The van der Waals surface area contributed by atoms with Crippen molar-refractivity contribution in [1.82, 2.24) is 5.06 Å². The Kier molecular flexibility index (Phi) is 30.8. The third kappa shape index (κ3) is 22.9. The van der Waals surface area contributed by atoms with E-state index in [1.807, 2.05) is 0 Å². The zero-order valence-corrected chi connectivity index (χ0v) is 62.2. The lowest BCUT2D eigenvalue weighted by molar-refractivity contribution is -0.197. The number of methoxy groups -OCH3 is 2. The molecule has 1 saturated heterocycles. The maximum Gasteiger partial charge on any atom is 0.333 e. The molecule has 0 spiro atoms. The number of imide groups is 1. The van der Waals surface area contributed by atoms with Gasteiger partial charge in [0.15, 0.2) is 0 Å². The molecule has 1 aliphatic carbocycles. The first-order valence-electron chi connectivity index (χ1n) is 32.8. The largest absolute Gasteiger partial charge is 0.506 e. The normalized spacial score (nSPS) is 17.4. The van der Waals surface area contributed by atoms with E-state index in [1.54, 1.807) is 18.9 Å². The highest BCUT2D eigenvalue weighted by Gasteiger charge is 2.48. The number of hydroxylamine groups is 2. The summed E-state index contributed by atoms with van der Waals surface area (Å²) < 4.78 is 236. The van der Waals surface area contributed by atoms with Crippen molar-refractivity contribution in [3.63, 3.8) is 0 Å². The van der Waals surface area contributed by atoms with Crippen LogP contribution < -0.4 is 10.2 Å². The van der Waals surface area contributed by atoms with Crippen molar-refractivity contribution in [2.75, 3.05) is 162 Å². The van der Waals surface area contributed by atoms with Gasteiger partial charge in [-0.2, -0.15) is 42.1 Å². The van der Waals surface area contributed by atoms with Gasteiger partial charge in [0, 0.05) is 91.9 Å². The molecular formula is C66H87N3O31S5. The number of carbonyl (C=O) groups excluding carboxylic acids is 4. The monoisotopic (exact) mass is 1580 g/mol. The number of anilines is 2. The molecule has 4 aromatic rings. The fourth-order valence-electron chi connectivity index (χ4n) is 12.1. The van der Waals surface area contributed by atoms with E-state index in [0.29, 0.717) is 70.1 Å². The van der Waals surface area contributed by atoms with Crippen LogP contribution in [0.3, 0.4) is 0 Å². The number of amides is 2. The van der Waals surface area contributed by atoms with Gasteiger partial charge >= 0.3 is 5.97 Å². The molecule has 0 aromatic heterocycles. The maximum absolute atomic E-state index is 15.1. The van der Waals surface area contributed by atoms with Crippen LogP contribution in [0.25, 0.3) is 21.5 Å². The van der Waals surface area contributed by atoms with Crippen molar-refractivity contribution >= 4 is 107 Å². The van der Waals surface area contributed by atoms with Gasteiger partial charge in [0.1, 0.15) is 15.6 Å². The first-order chi connectivity index (χ1) is 49.5. The third-order valence-electron chi connectivity index (χ3n) is 17.3. The summed E-state index contributed by atoms with van der Waals surface area (Å²) in [4.78, 5) is 56.0. The Morgan fingerprint density at radius 1 is 0.600 bits per heavy atom. The maximum atomic E-state index is 15.1. The number of ether oxygens (including phenoxy) is 10. The van der Waals surface area contributed by atoms with E-state index in [0.717, 1.165) is 18.2 Å². The lowest BCUT2D eigenvalue weighted by Gasteiger charge is -2.36. The van der Waals surface area contributed by atoms with Crippen LogP contribution in [0.5, 0.6) is 0 Å². The van der Waals surface area contributed by atoms with Gasteiger partial charge < -0.3 is 67.5 Å². The van der Waals surface area contributed by atoms with Gasteiger partial charge in [-0.25, -0.2) is 4.79 Å². The van der Waals surface area contributed by atoms with E-state index in [9.17, 15) is 84.3 Å². The molecule has 7 rings (SSSR count). The summed E-state index contributed by atoms with van der Waals surface area (Å²) in [5.41, 5.74) is -4.13. The Morgan fingerprint density at radius 2 is 1.06 bits per heavy atom. The molecule has 2 heterocycles. The van der Waals surface area contributed by atoms with Gasteiger partial charge in [-0.15, -0.1) is 5.06 Å². The number of aliphatic hydroxyl groups is 1. The van der Waals surface area contributed by atoms with Crippen LogP contribution in [0.2, 0.25) is 0 Å². The van der Waals surface area contributed by atoms with Crippen LogP contribution in [0.15, 0.2) is 115 Å². The van der Waals surface area contributed by atoms with Crippen LogP contribution in [-0.4, -0.2) is 251 Å². The highest BCUT2D eigenvalue weighted by Crippen LogP contribution is 2.55. The first-order valence-corrected chi connectivity index (χ1v) is 40.2. The van der Waals surface area contributed by atoms with E-state index in [-0.39, 0.29) is 160 Å². The van der Waals surface area contributed by atoms with E-state index < -0.39 is 146 Å². The topological polar surface area (TPSA) is 480 Å². The zero-order valence-electron chi connectivity index (χ0n) is 58.1. The molecule has 2 amide bonds. The number of fused-ring (bicyclic) bond motifs is 4. The first kappa shape index (κ1) is 85.4. The predicted octanol–water partition coefficient (Wildman–Crippen LogP) is 5.06. The Bertz CT molecular complexity index is 4530. The van der Waals surface area contributed by atoms with Crippen LogP contribution in [0, 0.1) is 0 Å². The highest BCUT2D eigenvalue weighted by atomic mass is 32.2. The molecule has 0 bridgehead atoms. The van der Waals surface area contributed by atoms with Gasteiger partial charge in [0.25, 0.3) is 62.4 Å². The molecule has 2 unspecified atom stereocenters. The Labute approximate surface area is 608 Å². The Morgan fingerprint density at radius 3 is 1.52 bits per heavy atom. The minimum absolute atomic E-state index is 0.0195. The minimum atomic E-state index is -5.34. The lowest BCUT2D eigenvalue weighted by atomic mass is 9.69. The molecule has 1 fully saturated rings. The summed E-state index contributed by atoms with van der Waals surface area (Å²) in [6.07, 6.45) is 0.365. The average molecular weight is 1580 g/mol. The standard InChI is InChI=1S/C66H87N3O31S5/c1-44(65(2,15-7-37-101(75,76)77)61-49-39-45(102(78,79)80)41-55(104(84,85)86)47(49)9-11-53(61)67-17-20-93-26-28-97-33-34-99-36-35-98-32-30-95-24-22-91-5)38-51-63(73)52(64(51)74)43-57-66(3,16-19-92-25-27-96-31-29-94-23-21-90-4)62-50-40-46(103(81,82)83)42-56(105(87,88)89)48(50)10-12-54(62)68(57)18-6-8-60(72)100-69-58(70)13-14-59(69)71/h9-12,38-43,67,73H,1,6-8,13-37H2,2-5H3,(H,75,76,77)(H,78,79,80)(H,81,82,83)(H,84,85,86)(H,87,88,89). The number of hydrogen-bond acceptors (Lipinski definition) is 28. The number of carbonyl (C=O) groups is 4. The molecule has 39 heteroatoms. The number of hydrogen-bond donors (Lipinski definition) is 7. The molecule has 34 nitrogen and oxygen atoms in total. The van der Waals surface area contributed by atoms with Crippen LogP contribution in [-0.2, 0) is 133 Å².